The molecule has 3 unspecified atom stereocenters. The molecule has 16 heteroatoms. The lowest BCUT2D eigenvalue weighted by Crippen LogP contribution is -3.09. The molecule has 0 saturated heterocycles. The number of hydrogen-bond acceptors (Lipinski definition) is 12. The van der Waals surface area contributed by atoms with Gasteiger partial charge in [-0.1, -0.05) is 45.5 Å². The van der Waals surface area contributed by atoms with Crippen molar-refractivity contribution in [2.75, 3.05) is 24.4 Å². The molecule has 47 heavy (non-hydrogen) atoms. The fourth-order valence-corrected chi connectivity index (χ4v) is 6.09. The Morgan fingerprint density at radius 2 is 1.34 bits per heavy atom. The monoisotopic (exact) mass is 684 g/mol. The van der Waals surface area contributed by atoms with Crippen molar-refractivity contribution in [3.05, 3.63) is 88.9 Å². The number of allylic oxidation sites excluding steroid dienone is 2. The Morgan fingerprint density at radius 1 is 0.830 bits per heavy atom. The molecular weight excluding hydrogens is 645 g/mol. The van der Waals surface area contributed by atoms with Crippen LogP contribution in [0, 0.1) is 27.7 Å². The predicted molar refractivity (Wildman–Crippen MR) is 175 cm³/mol. The van der Waals surface area contributed by atoms with Crippen molar-refractivity contribution >= 4 is 37.7 Å². The molecule has 2 aromatic carbocycles. The van der Waals surface area contributed by atoms with Gasteiger partial charge in [-0.25, -0.2) is 32.2 Å². The van der Waals surface area contributed by atoms with Crippen LogP contribution >= 0.6 is 0 Å². The highest BCUT2D eigenvalue weighted by Gasteiger charge is 2.44. The summed E-state index contributed by atoms with van der Waals surface area (Å²) in [4.78, 5) is 13.4. The zero-order valence-electron chi connectivity index (χ0n) is 27.6. The summed E-state index contributed by atoms with van der Waals surface area (Å²) >= 11 is 0. The van der Waals surface area contributed by atoms with E-state index in [1.54, 1.807) is 24.3 Å². The third-order valence-electron chi connectivity index (χ3n) is 7.73. The van der Waals surface area contributed by atoms with Gasteiger partial charge in [0.05, 0.1) is 23.3 Å². The lowest BCUT2D eigenvalue weighted by molar-refractivity contribution is -0.896. The highest BCUT2D eigenvalue weighted by molar-refractivity contribution is 7.86. The van der Waals surface area contributed by atoms with Gasteiger partial charge in [-0.15, -0.1) is 9.69 Å². The minimum Gasteiger partial charge on any atom is -0.744 e. The van der Waals surface area contributed by atoms with Crippen LogP contribution in [0.25, 0.3) is 0 Å². The van der Waals surface area contributed by atoms with Crippen molar-refractivity contribution in [2.24, 2.45) is 10.1 Å². The van der Waals surface area contributed by atoms with E-state index in [-0.39, 0.29) is 22.2 Å². The molecule has 3 atom stereocenters. The molecule has 4 heterocycles. The Balaban J connectivity index is 0.000000188. The molecule has 0 aliphatic carbocycles. The maximum atomic E-state index is 10.4. The summed E-state index contributed by atoms with van der Waals surface area (Å²) in [6, 6.07) is 13.7. The molecular formula is C31H40N8O6S2. The maximum Gasteiger partial charge on any atom is 0.418 e. The minimum atomic E-state index is -4.27. The summed E-state index contributed by atoms with van der Waals surface area (Å²) in [7, 11) is -4.39. The van der Waals surface area contributed by atoms with Crippen LogP contribution in [0.3, 0.4) is 0 Å². The van der Waals surface area contributed by atoms with E-state index in [4.69, 9.17) is 10.1 Å². The molecule has 252 valence electrons. The summed E-state index contributed by atoms with van der Waals surface area (Å²) in [6.45, 7) is 11.9. The quantitative estimate of drug-likeness (QED) is 0.301. The largest absolute Gasteiger partial charge is 0.744 e. The zero-order chi connectivity index (χ0) is 34.8. The van der Waals surface area contributed by atoms with Crippen LogP contribution in [0.15, 0.2) is 86.3 Å². The first-order chi connectivity index (χ1) is 21.8. The van der Waals surface area contributed by atoms with E-state index in [1.165, 1.54) is 30.0 Å². The molecule has 2 N–H and O–H groups in total. The van der Waals surface area contributed by atoms with Crippen LogP contribution in [0.5, 0.6) is 0 Å². The first-order valence-electron chi connectivity index (χ1n) is 14.7. The number of rotatable bonds is 4. The molecule has 0 spiro atoms. The van der Waals surface area contributed by atoms with Gasteiger partial charge in [-0.3, -0.25) is 4.90 Å². The third kappa shape index (κ3) is 8.58. The number of aliphatic imine (C=N–C) groups is 1. The number of aryl methyl sites for hydroxylation is 4. The fraction of sp³-hybridized carbons (Fsp3) is 0.355. The van der Waals surface area contributed by atoms with Gasteiger partial charge in [-0.05, 0) is 58.9 Å². The van der Waals surface area contributed by atoms with Crippen molar-refractivity contribution in [3.63, 3.8) is 0 Å². The average molecular weight is 685 g/mol. The highest BCUT2D eigenvalue weighted by atomic mass is 32.2. The van der Waals surface area contributed by atoms with E-state index in [0.29, 0.717) is 0 Å². The van der Waals surface area contributed by atoms with Crippen molar-refractivity contribution < 1.29 is 35.6 Å². The van der Waals surface area contributed by atoms with Gasteiger partial charge in [0, 0.05) is 31.8 Å². The molecule has 3 aliphatic heterocycles. The first-order valence-corrected chi connectivity index (χ1v) is 17.5. The smallest absolute Gasteiger partial charge is 0.418 e. The SMILES string of the molecule is CC1=CC(C)=NC2N(C)C(CC3N[n+]4c(C)cc(C)nc4N3C)=N[NH+]12.Cc1ccc(S(=O)(=O)[O-])cc1.Cc1ccc(S(=O)(=O)[O-])cc1. The molecule has 3 aliphatic rings. The standard InChI is InChI=1S/C17H25N8.2C7H8O3S/c1-10-7-12(3)24-16(18-10)22(5)14(20-24)9-15-21-25-13(4)8-11(2)19-17(25)23(15)6;2*1-6-2-4-7(5-3-6)11(8,9)10/h7-8,14,17,20H,9H2,1-6H3;2*2-5H,1H3,(H,8,9,10)/q+1;;/p-1. The molecule has 6 rings (SSSR count). The van der Waals surface area contributed by atoms with Crippen LogP contribution < -0.4 is 20.0 Å². The predicted octanol–water partition coefficient (Wildman–Crippen LogP) is 1.30. The van der Waals surface area contributed by atoms with Crippen molar-refractivity contribution in [3.8, 4) is 0 Å². The number of amidine groups is 1. The normalized spacial score (nSPS) is 20.0. The van der Waals surface area contributed by atoms with Crippen LogP contribution in [0.1, 0.15) is 42.8 Å². The fourth-order valence-electron chi connectivity index (χ4n) is 5.15. The van der Waals surface area contributed by atoms with E-state index >= 15 is 0 Å². The maximum absolute atomic E-state index is 10.4. The molecule has 0 bridgehead atoms. The van der Waals surface area contributed by atoms with Crippen molar-refractivity contribution in [1.29, 1.82) is 0 Å². The van der Waals surface area contributed by atoms with E-state index in [1.807, 2.05) is 27.7 Å². The lowest BCUT2D eigenvalue weighted by Gasteiger charge is -2.24. The Hall–Kier alpha value is -4.22. The molecule has 0 radical (unpaired) electrons. The molecule has 0 amide bonds. The summed E-state index contributed by atoms with van der Waals surface area (Å²) in [5, 5.41) is 5.96. The number of fused-ring (bicyclic) bond motifs is 2. The number of nitrogens with zero attached hydrogens (tertiary/aromatic N) is 6. The molecule has 3 aromatic rings. The minimum absolute atomic E-state index is 0.0174. The topological polar surface area (TPSA) is 179 Å². The number of quaternary nitrogens is 1. The van der Waals surface area contributed by atoms with Crippen molar-refractivity contribution in [1.82, 2.24) is 9.88 Å². The van der Waals surface area contributed by atoms with Crippen LogP contribution in [0.2, 0.25) is 0 Å². The van der Waals surface area contributed by atoms with Crippen LogP contribution in [0.4, 0.5) is 5.95 Å². The lowest BCUT2D eigenvalue weighted by atomic mass is 10.2. The summed E-state index contributed by atoms with van der Waals surface area (Å²) in [5.74, 6) is 2.00. The summed E-state index contributed by atoms with van der Waals surface area (Å²) in [5.41, 5.74) is 9.84. The van der Waals surface area contributed by atoms with Crippen LogP contribution in [-0.2, 0) is 20.2 Å². The van der Waals surface area contributed by atoms with Gasteiger partial charge in [0.25, 0.3) is 6.29 Å². The Bertz CT molecular complexity index is 1870. The van der Waals surface area contributed by atoms with Crippen LogP contribution in [-0.4, -0.2) is 73.9 Å². The van der Waals surface area contributed by atoms with Crippen molar-refractivity contribution in [2.45, 2.75) is 70.2 Å². The molecule has 0 fully saturated rings. The molecule has 14 nitrogen and oxygen atoms in total. The van der Waals surface area contributed by atoms with Gasteiger partial charge >= 0.3 is 5.95 Å². The van der Waals surface area contributed by atoms with Gasteiger partial charge in [0.15, 0.2) is 12.0 Å². The van der Waals surface area contributed by atoms with Gasteiger partial charge in [-0.2, -0.15) is 0 Å². The molecule has 1 aromatic heterocycles. The number of benzene rings is 2. The average Bonchev–Trinajstić information content (AvgIpc) is 3.45. The van der Waals surface area contributed by atoms with Gasteiger partial charge < -0.3 is 9.11 Å². The Labute approximate surface area is 276 Å². The van der Waals surface area contributed by atoms with E-state index in [2.05, 4.69) is 65.0 Å². The Kier molecular flexibility index (Phi) is 10.5. The number of anilines is 1. The second-order valence-electron chi connectivity index (χ2n) is 11.7. The summed E-state index contributed by atoms with van der Waals surface area (Å²) in [6.07, 6.45) is 3.03. The van der Waals surface area contributed by atoms with E-state index < -0.39 is 20.2 Å². The highest BCUT2D eigenvalue weighted by Crippen LogP contribution is 2.19. The number of hydrogen-bond donors (Lipinski definition) is 2. The van der Waals surface area contributed by atoms with E-state index in [0.717, 1.165) is 51.4 Å². The third-order valence-corrected chi connectivity index (χ3v) is 9.43. The number of nitrogens with one attached hydrogen (secondary N) is 2. The first kappa shape index (κ1) is 35.6. The van der Waals surface area contributed by atoms with Gasteiger partial charge in [0.2, 0.25) is 0 Å². The second-order valence-corrected chi connectivity index (χ2v) is 14.4. The Morgan fingerprint density at radius 3 is 1.83 bits per heavy atom. The van der Waals surface area contributed by atoms with E-state index in [9.17, 15) is 25.9 Å². The zero-order valence-corrected chi connectivity index (χ0v) is 29.2. The summed E-state index contributed by atoms with van der Waals surface area (Å²) < 4.78 is 64.4. The number of aromatic nitrogens is 2. The van der Waals surface area contributed by atoms with Gasteiger partial charge in [0.1, 0.15) is 37.3 Å². The molecule has 0 saturated carbocycles. The second kappa shape index (κ2) is 13.9.